The van der Waals surface area contributed by atoms with Gasteiger partial charge in [-0.25, -0.2) is 9.37 Å². The van der Waals surface area contributed by atoms with Gasteiger partial charge in [0.1, 0.15) is 0 Å². The van der Waals surface area contributed by atoms with E-state index in [4.69, 9.17) is 4.74 Å². The molecule has 1 amide bonds. The van der Waals surface area contributed by atoms with E-state index in [2.05, 4.69) is 20.5 Å². The molecule has 0 bridgehead atoms. The molecule has 4 rings (SSSR count). The molecule has 2 aromatic heterocycles. The van der Waals surface area contributed by atoms with Gasteiger partial charge >= 0.3 is 0 Å². The van der Waals surface area contributed by atoms with Crippen LogP contribution in [0.2, 0.25) is 0 Å². The number of ether oxygens (including phenoxy) is 1. The van der Waals surface area contributed by atoms with Gasteiger partial charge in [0.15, 0.2) is 33.8 Å². The SMILES string of the molecule is Cc1csc(NC(=O)CSc2nnc(C(C)Oc3ccccc3F)n2-c2ccccc2)n1. The number of carbonyl (C=O) groups is 1. The highest BCUT2D eigenvalue weighted by Crippen LogP contribution is 2.29. The van der Waals surface area contributed by atoms with E-state index in [0.29, 0.717) is 16.1 Å². The molecule has 1 unspecified atom stereocenters. The molecule has 0 radical (unpaired) electrons. The highest BCUT2D eigenvalue weighted by molar-refractivity contribution is 7.99. The summed E-state index contributed by atoms with van der Waals surface area (Å²) >= 11 is 2.63. The maximum atomic E-state index is 14.1. The van der Waals surface area contributed by atoms with Crippen LogP contribution in [-0.2, 0) is 4.79 Å². The highest BCUT2D eigenvalue weighted by atomic mass is 32.2. The third-order valence-electron chi connectivity index (χ3n) is 4.37. The van der Waals surface area contributed by atoms with Crippen LogP contribution in [0, 0.1) is 12.7 Å². The van der Waals surface area contributed by atoms with Crippen molar-refractivity contribution in [2.24, 2.45) is 0 Å². The largest absolute Gasteiger partial charge is 0.480 e. The van der Waals surface area contributed by atoms with Gasteiger partial charge in [-0.2, -0.15) is 0 Å². The minimum absolute atomic E-state index is 0.131. The van der Waals surface area contributed by atoms with Crippen molar-refractivity contribution in [1.29, 1.82) is 0 Å². The number of carbonyl (C=O) groups excluding carboxylic acids is 1. The zero-order chi connectivity index (χ0) is 22.5. The van der Waals surface area contributed by atoms with Gasteiger partial charge in [0.25, 0.3) is 0 Å². The van der Waals surface area contributed by atoms with Gasteiger partial charge in [0.2, 0.25) is 5.91 Å². The lowest BCUT2D eigenvalue weighted by atomic mass is 10.3. The van der Waals surface area contributed by atoms with Crippen molar-refractivity contribution in [2.75, 3.05) is 11.1 Å². The Bertz CT molecular complexity index is 1210. The molecule has 2 heterocycles. The fourth-order valence-electron chi connectivity index (χ4n) is 2.94. The summed E-state index contributed by atoms with van der Waals surface area (Å²) in [5.74, 6) is 0.123. The lowest BCUT2D eigenvalue weighted by Crippen LogP contribution is -2.15. The van der Waals surface area contributed by atoms with E-state index in [1.165, 1.54) is 29.2 Å². The standard InChI is InChI=1S/C22H20FN5O2S2/c1-14-12-31-21(24-14)25-19(29)13-32-22-27-26-20(28(22)16-8-4-3-5-9-16)15(2)30-18-11-7-6-10-17(18)23/h3-12,15H,13H2,1-2H3,(H,24,25,29). The summed E-state index contributed by atoms with van der Waals surface area (Å²) in [5, 5.41) is 14.3. The summed E-state index contributed by atoms with van der Waals surface area (Å²) in [7, 11) is 0. The summed E-state index contributed by atoms with van der Waals surface area (Å²) in [6, 6.07) is 15.7. The predicted octanol–water partition coefficient (Wildman–Crippen LogP) is 5.04. The number of para-hydroxylation sites is 2. The molecule has 0 aliphatic carbocycles. The van der Waals surface area contributed by atoms with Crippen LogP contribution >= 0.6 is 23.1 Å². The lowest BCUT2D eigenvalue weighted by Gasteiger charge is -2.17. The van der Waals surface area contributed by atoms with Gasteiger partial charge in [-0.3, -0.25) is 9.36 Å². The van der Waals surface area contributed by atoms with Gasteiger partial charge < -0.3 is 10.1 Å². The molecule has 4 aromatic rings. The minimum atomic E-state index is -0.582. The van der Waals surface area contributed by atoms with E-state index >= 15 is 0 Å². The number of nitrogens with one attached hydrogen (secondary N) is 1. The number of amides is 1. The fourth-order valence-corrected chi connectivity index (χ4v) is 4.40. The molecule has 0 aliphatic heterocycles. The number of anilines is 1. The van der Waals surface area contributed by atoms with E-state index in [1.807, 2.05) is 47.2 Å². The number of thioether (sulfide) groups is 1. The van der Waals surface area contributed by atoms with Crippen LogP contribution < -0.4 is 10.1 Å². The number of aryl methyl sites for hydroxylation is 1. The van der Waals surface area contributed by atoms with Crippen LogP contribution in [0.1, 0.15) is 24.5 Å². The van der Waals surface area contributed by atoms with Gasteiger partial charge in [0, 0.05) is 11.1 Å². The smallest absolute Gasteiger partial charge is 0.236 e. The highest BCUT2D eigenvalue weighted by Gasteiger charge is 2.22. The minimum Gasteiger partial charge on any atom is -0.480 e. The summed E-state index contributed by atoms with van der Waals surface area (Å²) in [6.07, 6.45) is -0.582. The fraction of sp³-hybridized carbons (Fsp3) is 0.182. The molecule has 2 aromatic carbocycles. The first kappa shape index (κ1) is 22.0. The molecule has 0 saturated carbocycles. The van der Waals surface area contributed by atoms with E-state index in [0.717, 1.165) is 11.4 Å². The van der Waals surface area contributed by atoms with Crippen molar-refractivity contribution in [3.63, 3.8) is 0 Å². The molecule has 7 nitrogen and oxygen atoms in total. The van der Waals surface area contributed by atoms with E-state index in [-0.39, 0.29) is 17.4 Å². The number of aromatic nitrogens is 4. The van der Waals surface area contributed by atoms with Crippen molar-refractivity contribution in [3.8, 4) is 11.4 Å². The second kappa shape index (κ2) is 9.92. The van der Waals surface area contributed by atoms with Crippen molar-refractivity contribution >= 4 is 34.1 Å². The molecule has 0 aliphatic rings. The van der Waals surface area contributed by atoms with Crippen LogP contribution in [0.15, 0.2) is 65.1 Å². The second-order valence-electron chi connectivity index (χ2n) is 6.83. The summed E-state index contributed by atoms with van der Waals surface area (Å²) in [6.45, 7) is 3.65. The quantitative estimate of drug-likeness (QED) is 0.364. The Kier molecular flexibility index (Phi) is 6.81. The Morgan fingerprint density at radius 2 is 1.94 bits per heavy atom. The van der Waals surface area contributed by atoms with Gasteiger partial charge in [0.05, 0.1) is 11.4 Å². The maximum absolute atomic E-state index is 14.1. The molecule has 1 N–H and O–H groups in total. The first-order chi connectivity index (χ1) is 15.5. The number of thiazole rings is 1. The molecular formula is C22H20FN5O2S2. The zero-order valence-electron chi connectivity index (χ0n) is 17.4. The van der Waals surface area contributed by atoms with Crippen LogP contribution in [0.4, 0.5) is 9.52 Å². The lowest BCUT2D eigenvalue weighted by molar-refractivity contribution is -0.113. The number of hydrogen-bond donors (Lipinski definition) is 1. The van der Waals surface area contributed by atoms with Crippen LogP contribution in [0.5, 0.6) is 5.75 Å². The number of rotatable bonds is 8. The average Bonchev–Trinajstić information content (AvgIpc) is 3.40. The maximum Gasteiger partial charge on any atom is 0.236 e. The van der Waals surface area contributed by atoms with Gasteiger partial charge in [-0.15, -0.1) is 21.5 Å². The van der Waals surface area contributed by atoms with Gasteiger partial charge in [-0.1, -0.05) is 42.1 Å². The van der Waals surface area contributed by atoms with Crippen LogP contribution in [0.25, 0.3) is 5.69 Å². The third-order valence-corrected chi connectivity index (χ3v) is 6.18. The third kappa shape index (κ3) is 5.14. The molecule has 0 saturated heterocycles. The normalized spacial score (nSPS) is 11.8. The Morgan fingerprint density at radius 3 is 2.66 bits per heavy atom. The van der Waals surface area contributed by atoms with Crippen LogP contribution in [-0.4, -0.2) is 31.4 Å². The van der Waals surface area contributed by atoms with Crippen molar-refractivity contribution in [2.45, 2.75) is 25.1 Å². The molecule has 164 valence electrons. The van der Waals surface area contributed by atoms with Gasteiger partial charge in [-0.05, 0) is 38.1 Å². The molecule has 32 heavy (non-hydrogen) atoms. The topological polar surface area (TPSA) is 81.9 Å². The Labute approximate surface area is 192 Å². The van der Waals surface area contributed by atoms with E-state index in [9.17, 15) is 9.18 Å². The number of benzene rings is 2. The number of hydrogen-bond acceptors (Lipinski definition) is 7. The zero-order valence-corrected chi connectivity index (χ0v) is 19.0. The molecule has 0 fully saturated rings. The molecular weight excluding hydrogens is 449 g/mol. The Balaban J connectivity index is 1.55. The number of halogens is 1. The molecule has 0 spiro atoms. The number of nitrogens with zero attached hydrogens (tertiary/aromatic N) is 4. The first-order valence-corrected chi connectivity index (χ1v) is 11.6. The summed E-state index contributed by atoms with van der Waals surface area (Å²) in [4.78, 5) is 16.6. The van der Waals surface area contributed by atoms with Crippen molar-refractivity contribution in [1.82, 2.24) is 19.7 Å². The Hall–Kier alpha value is -3.24. The summed E-state index contributed by atoms with van der Waals surface area (Å²) in [5.41, 5.74) is 1.67. The Morgan fingerprint density at radius 1 is 1.19 bits per heavy atom. The van der Waals surface area contributed by atoms with E-state index in [1.54, 1.807) is 25.1 Å². The molecule has 10 heteroatoms. The van der Waals surface area contributed by atoms with Crippen LogP contribution in [0.3, 0.4) is 0 Å². The summed E-state index contributed by atoms with van der Waals surface area (Å²) < 4.78 is 21.7. The van der Waals surface area contributed by atoms with Crippen molar-refractivity contribution < 1.29 is 13.9 Å². The second-order valence-corrected chi connectivity index (χ2v) is 8.63. The first-order valence-electron chi connectivity index (χ1n) is 9.78. The monoisotopic (exact) mass is 469 g/mol. The predicted molar refractivity (Wildman–Crippen MR) is 123 cm³/mol. The van der Waals surface area contributed by atoms with E-state index < -0.39 is 11.9 Å². The van der Waals surface area contributed by atoms with Crippen molar-refractivity contribution in [3.05, 3.63) is 77.3 Å². The molecule has 1 atom stereocenters. The average molecular weight is 470 g/mol.